The summed E-state index contributed by atoms with van der Waals surface area (Å²) in [5.41, 5.74) is 0. The van der Waals surface area contributed by atoms with E-state index in [4.69, 9.17) is 0 Å². The molecule has 0 aromatic carbocycles. The van der Waals surface area contributed by atoms with Gasteiger partial charge in [-0.2, -0.15) is 13.2 Å². The lowest BCUT2D eigenvalue weighted by Gasteiger charge is -2.37. The predicted molar refractivity (Wildman–Crippen MR) is 63.3 cm³/mol. The minimum absolute atomic E-state index is 0.0281. The van der Waals surface area contributed by atoms with Gasteiger partial charge in [0.15, 0.2) is 0 Å². The summed E-state index contributed by atoms with van der Waals surface area (Å²) in [4.78, 5) is 24.8. The van der Waals surface area contributed by atoms with Crippen molar-refractivity contribution in [1.82, 2.24) is 10.2 Å². The molecule has 1 aliphatic heterocycles. The van der Waals surface area contributed by atoms with Crippen LogP contribution in [0.3, 0.4) is 0 Å². The average molecular weight is 280 g/mol. The van der Waals surface area contributed by atoms with Crippen LogP contribution in [0.2, 0.25) is 0 Å². The molecule has 110 valence electrons. The molecule has 0 radical (unpaired) electrons. The van der Waals surface area contributed by atoms with Crippen LogP contribution < -0.4 is 5.32 Å². The first kappa shape index (κ1) is 15.8. The number of hydrogen-bond donors (Lipinski definition) is 1. The lowest BCUT2D eigenvalue weighted by atomic mass is 9.99. The van der Waals surface area contributed by atoms with Crippen molar-refractivity contribution < 1.29 is 22.8 Å². The summed E-state index contributed by atoms with van der Waals surface area (Å²) in [6, 6.07) is -0.577. The third-order valence-electron chi connectivity index (χ3n) is 3.08. The van der Waals surface area contributed by atoms with Gasteiger partial charge in [-0.05, 0) is 18.8 Å². The fraction of sp³-hybridized carbons (Fsp3) is 0.833. The SMILES string of the molecule is CC(C)C1C(=O)NCC(=O)N1CCCCC(F)(F)F. The van der Waals surface area contributed by atoms with E-state index in [0.717, 1.165) is 0 Å². The van der Waals surface area contributed by atoms with Crippen molar-refractivity contribution in [3.05, 3.63) is 0 Å². The smallest absolute Gasteiger partial charge is 0.345 e. The van der Waals surface area contributed by atoms with Gasteiger partial charge in [-0.25, -0.2) is 0 Å². The highest BCUT2D eigenvalue weighted by atomic mass is 19.4. The van der Waals surface area contributed by atoms with Gasteiger partial charge in [-0.1, -0.05) is 13.8 Å². The minimum Gasteiger partial charge on any atom is -0.345 e. The van der Waals surface area contributed by atoms with Gasteiger partial charge in [0.25, 0.3) is 0 Å². The van der Waals surface area contributed by atoms with E-state index in [-0.39, 0.29) is 43.7 Å². The van der Waals surface area contributed by atoms with Crippen molar-refractivity contribution in [3.8, 4) is 0 Å². The zero-order valence-corrected chi connectivity index (χ0v) is 11.1. The van der Waals surface area contributed by atoms with Gasteiger partial charge in [0, 0.05) is 13.0 Å². The molecule has 0 aliphatic carbocycles. The molecule has 0 aromatic rings. The van der Waals surface area contributed by atoms with Crippen LogP contribution in [0.1, 0.15) is 33.1 Å². The van der Waals surface area contributed by atoms with Crippen LogP contribution in [-0.4, -0.2) is 42.0 Å². The number of hydrogen-bond acceptors (Lipinski definition) is 2. The highest BCUT2D eigenvalue weighted by Gasteiger charge is 2.36. The molecule has 7 heteroatoms. The van der Waals surface area contributed by atoms with Crippen molar-refractivity contribution in [1.29, 1.82) is 0 Å². The molecular weight excluding hydrogens is 261 g/mol. The number of carbonyl (C=O) groups is 2. The van der Waals surface area contributed by atoms with Gasteiger partial charge in [0.05, 0.1) is 6.54 Å². The molecule has 0 spiro atoms. The van der Waals surface area contributed by atoms with E-state index in [9.17, 15) is 22.8 Å². The van der Waals surface area contributed by atoms with Crippen LogP contribution >= 0.6 is 0 Å². The van der Waals surface area contributed by atoms with Crippen LogP contribution in [-0.2, 0) is 9.59 Å². The van der Waals surface area contributed by atoms with Gasteiger partial charge >= 0.3 is 6.18 Å². The summed E-state index contributed by atoms with van der Waals surface area (Å²) in [6.07, 6.45) is -4.80. The summed E-state index contributed by atoms with van der Waals surface area (Å²) < 4.78 is 36.1. The second-order valence-electron chi connectivity index (χ2n) is 5.07. The second kappa shape index (κ2) is 6.25. The van der Waals surface area contributed by atoms with E-state index in [1.807, 2.05) is 13.8 Å². The summed E-state index contributed by atoms with van der Waals surface area (Å²) >= 11 is 0. The Morgan fingerprint density at radius 3 is 2.47 bits per heavy atom. The number of amides is 2. The van der Waals surface area contributed by atoms with Crippen LogP contribution in [0.15, 0.2) is 0 Å². The molecule has 1 heterocycles. The van der Waals surface area contributed by atoms with Crippen LogP contribution in [0, 0.1) is 5.92 Å². The largest absolute Gasteiger partial charge is 0.389 e. The third-order valence-corrected chi connectivity index (χ3v) is 3.08. The lowest BCUT2D eigenvalue weighted by molar-refractivity contribution is -0.148. The number of alkyl halides is 3. The molecule has 0 saturated carbocycles. The average Bonchev–Trinajstić information content (AvgIpc) is 2.26. The predicted octanol–water partition coefficient (Wildman–Crippen LogP) is 1.70. The van der Waals surface area contributed by atoms with E-state index in [1.54, 1.807) is 0 Å². The molecule has 1 atom stereocenters. The first-order chi connectivity index (χ1) is 8.72. The Morgan fingerprint density at radius 1 is 1.32 bits per heavy atom. The fourth-order valence-electron chi connectivity index (χ4n) is 2.20. The Balaban J connectivity index is 2.52. The number of nitrogens with one attached hydrogen (secondary N) is 1. The summed E-state index contributed by atoms with van der Waals surface area (Å²) in [6.45, 7) is 3.75. The standard InChI is InChI=1S/C12H19F3N2O2/c1-8(2)10-11(19)16-7-9(18)17(10)6-4-3-5-12(13,14)15/h8,10H,3-7H2,1-2H3,(H,16,19). The number of halogens is 3. The molecule has 1 fully saturated rings. The normalized spacial score (nSPS) is 20.9. The maximum atomic E-state index is 12.0. The van der Waals surface area contributed by atoms with Crippen LogP contribution in [0.25, 0.3) is 0 Å². The van der Waals surface area contributed by atoms with E-state index in [0.29, 0.717) is 0 Å². The Hall–Kier alpha value is -1.27. The summed E-state index contributed by atoms with van der Waals surface area (Å²) in [5, 5.41) is 2.50. The molecule has 1 saturated heterocycles. The molecule has 19 heavy (non-hydrogen) atoms. The monoisotopic (exact) mass is 280 g/mol. The van der Waals surface area contributed by atoms with Crippen molar-refractivity contribution in [2.75, 3.05) is 13.1 Å². The van der Waals surface area contributed by atoms with Crippen molar-refractivity contribution in [3.63, 3.8) is 0 Å². The van der Waals surface area contributed by atoms with Gasteiger partial charge in [0.1, 0.15) is 6.04 Å². The summed E-state index contributed by atoms with van der Waals surface area (Å²) in [5.74, 6) is -0.525. The van der Waals surface area contributed by atoms with Crippen molar-refractivity contribution in [2.24, 2.45) is 5.92 Å². The quantitative estimate of drug-likeness (QED) is 0.779. The molecule has 0 aromatic heterocycles. The molecule has 1 aliphatic rings. The molecule has 1 N–H and O–H groups in total. The van der Waals surface area contributed by atoms with Gasteiger partial charge in [0.2, 0.25) is 11.8 Å². The van der Waals surface area contributed by atoms with E-state index in [1.165, 1.54) is 4.90 Å². The first-order valence-corrected chi connectivity index (χ1v) is 6.36. The Labute approximate surface area is 110 Å². The van der Waals surface area contributed by atoms with E-state index >= 15 is 0 Å². The number of carbonyl (C=O) groups excluding carboxylic acids is 2. The molecule has 1 rings (SSSR count). The Kier molecular flexibility index (Phi) is 5.20. The topological polar surface area (TPSA) is 49.4 Å². The Morgan fingerprint density at radius 2 is 1.95 bits per heavy atom. The van der Waals surface area contributed by atoms with Crippen molar-refractivity contribution >= 4 is 11.8 Å². The lowest BCUT2D eigenvalue weighted by Crippen LogP contribution is -2.60. The molecule has 1 unspecified atom stereocenters. The first-order valence-electron chi connectivity index (χ1n) is 6.36. The zero-order chi connectivity index (χ0) is 14.6. The maximum Gasteiger partial charge on any atom is 0.389 e. The van der Waals surface area contributed by atoms with Crippen LogP contribution in [0.5, 0.6) is 0 Å². The molecule has 0 bridgehead atoms. The maximum absolute atomic E-state index is 12.0. The molecular formula is C12H19F3N2O2. The Bertz CT molecular complexity index is 342. The molecule has 2 amide bonds. The zero-order valence-electron chi connectivity index (χ0n) is 11.1. The van der Waals surface area contributed by atoms with Gasteiger partial charge < -0.3 is 10.2 Å². The summed E-state index contributed by atoms with van der Waals surface area (Å²) in [7, 11) is 0. The number of nitrogens with zero attached hydrogens (tertiary/aromatic N) is 1. The van der Waals surface area contributed by atoms with Gasteiger partial charge in [-0.3, -0.25) is 9.59 Å². The molecule has 4 nitrogen and oxygen atoms in total. The van der Waals surface area contributed by atoms with E-state index in [2.05, 4.69) is 5.32 Å². The highest BCUT2D eigenvalue weighted by Crippen LogP contribution is 2.23. The highest BCUT2D eigenvalue weighted by molar-refractivity contribution is 5.94. The van der Waals surface area contributed by atoms with Crippen LogP contribution in [0.4, 0.5) is 13.2 Å². The van der Waals surface area contributed by atoms with E-state index < -0.39 is 18.6 Å². The minimum atomic E-state index is -4.17. The number of unbranched alkanes of at least 4 members (excludes halogenated alkanes) is 1. The van der Waals surface area contributed by atoms with Crippen molar-refractivity contribution in [2.45, 2.75) is 45.3 Å². The number of rotatable bonds is 5. The van der Waals surface area contributed by atoms with Gasteiger partial charge in [-0.15, -0.1) is 0 Å². The second-order valence-corrected chi connectivity index (χ2v) is 5.07. The number of piperazine rings is 1. The fourth-order valence-corrected chi connectivity index (χ4v) is 2.20. The third kappa shape index (κ3) is 4.72.